The third-order valence-electron chi connectivity index (χ3n) is 0. The van der Waals surface area contributed by atoms with Crippen LogP contribution in [0.15, 0.2) is 0 Å². The van der Waals surface area contributed by atoms with Gasteiger partial charge in [0.2, 0.25) is 0 Å². The van der Waals surface area contributed by atoms with Crippen LogP contribution in [0, 0.1) is 0 Å². The second-order valence-electron chi connectivity index (χ2n) is 0. The zero-order valence-corrected chi connectivity index (χ0v) is 8.27. The SMILES string of the molecule is [Br-].[Br-].[Br-].[Co+2].[NH4+]. The van der Waals surface area contributed by atoms with Gasteiger partial charge in [-0.15, -0.1) is 0 Å². The zero-order valence-electron chi connectivity index (χ0n) is 2.47. The van der Waals surface area contributed by atoms with Gasteiger partial charge in [0, 0.05) is 0 Å². The topological polar surface area (TPSA) is 36.5 Å². The number of rotatable bonds is 0. The smallest absolute Gasteiger partial charge is 1.00 e. The first-order valence-electron chi connectivity index (χ1n) is 0. The molecule has 1 radical (unpaired) electrons. The van der Waals surface area contributed by atoms with Crippen LogP contribution in [0.5, 0.6) is 0 Å². The number of halogens is 3. The third-order valence-corrected chi connectivity index (χ3v) is 0. The van der Waals surface area contributed by atoms with E-state index in [0.717, 1.165) is 0 Å². The summed E-state index contributed by atoms with van der Waals surface area (Å²) in [6.07, 6.45) is 0. The quantitative estimate of drug-likeness (QED) is 0.461. The predicted molar refractivity (Wildman–Crippen MR) is 5.98 cm³/mol. The van der Waals surface area contributed by atoms with Crippen molar-refractivity contribution >= 4 is 0 Å². The van der Waals surface area contributed by atoms with E-state index in [9.17, 15) is 0 Å². The Labute approximate surface area is 73.4 Å². The van der Waals surface area contributed by atoms with Gasteiger partial charge >= 0.3 is 16.8 Å². The summed E-state index contributed by atoms with van der Waals surface area (Å²) in [5, 5.41) is 0. The van der Waals surface area contributed by atoms with Crippen molar-refractivity contribution in [2.75, 3.05) is 0 Å². The molecule has 0 aliphatic carbocycles. The summed E-state index contributed by atoms with van der Waals surface area (Å²) in [6, 6.07) is 0. The summed E-state index contributed by atoms with van der Waals surface area (Å²) in [5.41, 5.74) is 0. The molecule has 1 nitrogen and oxygen atoms in total. The van der Waals surface area contributed by atoms with Crippen LogP contribution in [-0.2, 0) is 16.8 Å². The van der Waals surface area contributed by atoms with Crippen molar-refractivity contribution in [3.05, 3.63) is 0 Å². The summed E-state index contributed by atoms with van der Waals surface area (Å²) >= 11 is 0. The van der Waals surface area contributed by atoms with Crippen LogP contribution >= 0.6 is 0 Å². The molecule has 5 heavy (non-hydrogen) atoms. The average molecular weight is 317 g/mol. The molecule has 0 bridgehead atoms. The monoisotopic (exact) mass is 314 g/mol. The van der Waals surface area contributed by atoms with Crippen LogP contribution in [0.25, 0.3) is 0 Å². The molecule has 0 amide bonds. The van der Waals surface area contributed by atoms with E-state index in [1.807, 2.05) is 0 Å². The van der Waals surface area contributed by atoms with E-state index >= 15 is 0 Å². The molecule has 5 heteroatoms. The summed E-state index contributed by atoms with van der Waals surface area (Å²) < 4.78 is 0. The largest absolute Gasteiger partial charge is 2.00 e. The van der Waals surface area contributed by atoms with Crippen LogP contribution in [0.1, 0.15) is 0 Å². The Hall–Kier alpha value is 1.91. The zero-order chi connectivity index (χ0) is 0. The van der Waals surface area contributed by atoms with Crippen LogP contribution in [0.2, 0.25) is 0 Å². The fraction of sp³-hybridized carbons (Fsp3) is 0. The Morgan fingerprint density at radius 1 is 0.600 bits per heavy atom. The number of hydrogen-bond acceptors (Lipinski definition) is 0. The first-order chi connectivity index (χ1) is 0. The maximum Gasteiger partial charge on any atom is 2.00 e. The predicted octanol–water partition coefficient (Wildman–Crippen LogP) is -8.61. The van der Waals surface area contributed by atoms with E-state index in [-0.39, 0.29) is 73.9 Å². The minimum absolute atomic E-state index is 0. The normalized spacial score (nSPS) is 0. The molecule has 39 valence electrons. The molecule has 4 N–H and O–H groups in total. The van der Waals surface area contributed by atoms with Crippen LogP contribution in [-0.4, -0.2) is 0 Å². The Bertz CT molecular complexity index is 6.85. The fourth-order valence-corrected chi connectivity index (χ4v) is 0. The second kappa shape index (κ2) is 39.1. The van der Waals surface area contributed by atoms with Crippen molar-refractivity contribution in [3.8, 4) is 0 Å². The molecule has 0 unspecified atom stereocenters. The number of quaternary nitrogens is 1. The minimum atomic E-state index is 0. The maximum absolute atomic E-state index is 0. The summed E-state index contributed by atoms with van der Waals surface area (Å²) in [7, 11) is 0. The minimum Gasteiger partial charge on any atom is -1.00 e. The van der Waals surface area contributed by atoms with Gasteiger partial charge in [-0.2, -0.15) is 0 Å². The molecule has 0 heterocycles. The van der Waals surface area contributed by atoms with Gasteiger partial charge < -0.3 is 57.1 Å². The van der Waals surface area contributed by atoms with Gasteiger partial charge in [-0.1, -0.05) is 0 Å². The van der Waals surface area contributed by atoms with E-state index in [1.165, 1.54) is 0 Å². The standard InChI is InChI=1S/3BrH.Co.H3N/h3*1H;;1H3/q;;;+2;/p-2. The molecule has 0 fully saturated rings. The van der Waals surface area contributed by atoms with E-state index < -0.39 is 0 Å². The van der Waals surface area contributed by atoms with Crippen molar-refractivity contribution in [3.63, 3.8) is 0 Å². The van der Waals surface area contributed by atoms with Crippen LogP contribution in [0.4, 0.5) is 0 Å². The molecular formula is H4Br3CoN. The molecule has 0 rings (SSSR count). The Morgan fingerprint density at radius 3 is 0.600 bits per heavy atom. The van der Waals surface area contributed by atoms with Crippen molar-refractivity contribution in [2.24, 2.45) is 0 Å². The number of hydrogen-bond donors (Lipinski definition) is 1. The van der Waals surface area contributed by atoms with Gasteiger partial charge in [0.05, 0.1) is 0 Å². The van der Waals surface area contributed by atoms with Crippen molar-refractivity contribution < 1.29 is 67.7 Å². The van der Waals surface area contributed by atoms with Gasteiger partial charge in [-0.3, -0.25) is 0 Å². The van der Waals surface area contributed by atoms with Crippen molar-refractivity contribution in [1.29, 1.82) is 0 Å². The molecule has 0 aromatic rings. The summed E-state index contributed by atoms with van der Waals surface area (Å²) in [6.45, 7) is 0. The van der Waals surface area contributed by atoms with E-state index in [4.69, 9.17) is 0 Å². The van der Waals surface area contributed by atoms with Crippen molar-refractivity contribution in [1.82, 2.24) is 6.15 Å². The second-order valence-corrected chi connectivity index (χ2v) is 0. The maximum atomic E-state index is 0. The van der Waals surface area contributed by atoms with E-state index in [0.29, 0.717) is 0 Å². The molecule has 0 aromatic heterocycles. The molecule has 0 aliphatic heterocycles. The fourth-order valence-electron chi connectivity index (χ4n) is 0. The first-order valence-corrected chi connectivity index (χ1v) is 0. The van der Waals surface area contributed by atoms with Gasteiger partial charge in [0.15, 0.2) is 0 Å². The molecule has 0 aliphatic rings. The molecule has 0 aromatic carbocycles. The van der Waals surface area contributed by atoms with Crippen LogP contribution in [0.3, 0.4) is 0 Å². The van der Waals surface area contributed by atoms with Crippen molar-refractivity contribution in [2.45, 2.75) is 0 Å². The molecule has 0 spiro atoms. The van der Waals surface area contributed by atoms with E-state index in [2.05, 4.69) is 0 Å². The van der Waals surface area contributed by atoms with Gasteiger partial charge in [-0.05, 0) is 0 Å². The van der Waals surface area contributed by atoms with Gasteiger partial charge in [-0.25, -0.2) is 0 Å². The van der Waals surface area contributed by atoms with E-state index in [1.54, 1.807) is 0 Å². The third kappa shape index (κ3) is 24.8. The molecule has 0 saturated carbocycles. The van der Waals surface area contributed by atoms with Gasteiger partial charge in [0.25, 0.3) is 0 Å². The molecule has 0 saturated heterocycles. The van der Waals surface area contributed by atoms with Crippen LogP contribution < -0.4 is 57.1 Å². The first kappa shape index (κ1) is 66.3. The Balaban J connectivity index is 0. The average Bonchev–Trinajstić information content (AvgIpc) is 0. The Morgan fingerprint density at radius 2 is 0.600 bits per heavy atom. The summed E-state index contributed by atoms with van der Waals surface area (Å²) in [4.78, 5) is 0. The molecular weight excluding hydrogens is 313 g/mol. The summed E-state index contributed by atoms with van der Waals surface area (Å²) in [5.74, 6) is 0. The molecule has 0 atom stereocenters. The Kier molecular flexibility index (Phi) is 519. The van der Waals surface area contributed by atoms with Gasteiger partial charge in [0.1, 0.15) is 0 Å².